The minimum absolute atomic E-state index is 0.0554. The van der Waals surface area contributed by atoms with Gasteiger partial charge in [0.25, 0.3) is 5.91 Å². The van der Waals surface area contributed by atoms with E-state index in [4.69, 9.17) is 5.11 Å². The number of benzene rings is 1. The van der Waals surface area contributed by atoms with Gasteiger partial charge in [0.05, 0.1) is 11.1 Å². The van der Waals surface area contributed by atoms with E-state index in [1.54, 1.807) is 18.2 Å². The molecule has 2 atom stereocenters. The summed E-state index contributed by atoms with van der Waals surface area (Å²) in [5.74, 6) is -0.109. The van der Waals surface area contributed by atoms with Gasteiger partial charge < -0.3 is 10.4 Å². The standard InChI is InChI=1S/C15H19NO3/c1-10-6-7-11(8-10)9-16-14(17)12-4-2-3-5-13(12)15(18)19/h2-5,10-11H,6-9H2,1H3,(H,16,17)(H,18,19). The second kappa shape index (κ2) is 5.87. The van der Waals surface area contributed by atoms with Crippen molar-refractivity contribution in [1.82, 2.24) is 5.32 Å². The molecule has 102 valence electrons. The predicted molar refractivity (Wildman–Crippen MR) is 72.2 cm³/mol. The lowest BCUT2D eigenvalue weighted by Gasteiger charge is -2.12. The Morgan fingerprint density at radius 2 is 1.95 bits per heavy atom. The van der Waals surface area contributed by atoms with E-state index in [1.165, 1.54) is 12.5 Å². The van der Waals surface area contributed by atoms with Crippen LogP contribution in [0, 0.1) is 11.8 Å². The molecule has 1 saturated carbocycles. The van der Waals surface area contributed by atoms with Crippen LogP contribution < -0.4 is 5.32 Å². The summed E-state index contributed by atoms with van der Waals surface area (Å²) in [7, 11) is 0. The highest BCUT2D eigenvalue weighted by Gasteiger charge is 2.22. The third kappa shape index (κ3) is 3.34. The first-order valence-electron chi connectivity index (χ1n) is 6.68. The van der Waals surface area contributed by atoms with Gasteiger partial charge in [0, 0.05) is 6.54 Å². The van der Waals surface area contributed by atoms with Crippen LogP contribution in [0.1, 0.15) is 46.9 Å². The van der Waals surface area contributed by atoms with Crippen LogP contribution in [-0.2, 0) is 0 Å². The number of hydrogen-bond acceptors (Lipinski definition) is 2. The number of hydrogen-bond donors (Lipinski definition) is 2. The summed E-state index contributed by atoms with van der Waals surface area (Å²) in [6.45, 7) is 2.86. The molecular formula is C15H19NO3. The van der Waals surface area contributed by atoms with Crippen molar-refractivity contribution in [2.75, 3.05) is 6.54 Å². The van der Waals surface area contributed by atoms with E-state index in [-0.39, 0.29) is 17.0 Å². The molecule has 0 spiro atoms. The Hall–Kier alpha value is -1.84. The average molecular weight is 261 g/mol. The van der Waals surface area contributed by atoms with Crippen molar-refractivity contribution in [2.45, 2.75) is 26.2 Å². The minimum atomic E-state index is -1.07. The number of carbonyl (C=O) groups excluding carboxylic acids is 1. The quantitative estimate of drug-likeness (QED) is 0.875. The molecule has 2 N–H and O–H groups in total. The van der Waals surface area contributed by atoms with Crippen molar-refractivity contribution < 1.29 is 14.7 Å². The van der Waals surface area contributed by atoms with Crippen LogP contribution in [0.25, 0.3) is 0 Å². The number of nitrogens with one attached hydrogen (secondary N) is 1. The maximum Gasteiger partial charge on any atom is 0.336 e. The minimum Gasteiger partial charge on any atom is -0.478 e. The SMILES string of the molecule is CC1CCC(CNC(=O)c2ccccc2C(=O)O)C1. The van der Waals surface area contributed by atoms with E-state index in [9.17, 15) is 9.59 Å². The van der Waals surface area contributed by atoms with Gasteiger partial charge in [-0.15, -0.1) is 0 Å². The van der Waals surface area contributed by atoms with Gasteiger partial charge in [-0.1, -0.05) is 25.5 Å². The van der Waals surface area contributed by atoms with Crippen molar-refractivity contribution in [3.63, 3.8) is 0 Å². The number of carbonyl (C=O) groups is 2. The Bertz CT molecular complexity index is 484. The highest BCUT2D eigenvalue weighted by Crippen LogP contribution is 2.29. The molecule has 1 aliphatic carbocycles. The van der Waals surface area contributed by atoms with Crippen molar-refractivity contribution in [1.29, 1.82) is 0 Å². The van der Waals surface area contributed by atoms with Gasteiger partial charge in [0.2, 0.25) is 0 Å². The summed E-state index contributed by atoms with van der Waals surface area (Å²) in [5, 5.41) is 11.9. The zero-order valence-electron chi connectivity index (χ0n) is 11.1. The molecule has 0 heterocycles. The Balaban J connectivity index is 1.98. The molecule has 1 aromatic rings. The van der Waals surface area contributed by atoms with Crippen LogP contribution >= 0.6 is 0 Å². The summed E-state index contributed by atoms with van der Waals surface area (Å²) in [6, 6.07) is 6.31. The summed E-state index contributed by atoms with van der Waals surface area (Å²) in [6.07, 6.45) is 3.50. The van der Waals surface area contributed by atoms with Crippen LogP contribution in [0.3, 0.4) is 0 Å². The Morgan fingerprint density at radius 3 is 2.53 bits per heavy atom. The number of rotatable bonds is 4. The number of carboxylic acids is 1. The van der Waals surface area contributed by atoms with Gasteiger partial charge in [0.15, 0.2) is 0 Å². The van der Waals surface area contributed by atoms with Crippen LogP contribution in [0.15, 0.2) is 24.3 Å². The molecule has 19 heavy (non-hydrogen) atoms. The molecule has 2 rings (SSSR count). The zero-order chi connectivity index (χ0) is 13.8. The van der Waals surface area contributed by atoms with E-state index in [2.05, 4.69) is 12.2 Å². The predicted octanol–water partition coefficient (Wildman–Crippen LogP) is 2.55. The number of carboxylic acid groups (broad SMARTS) is 1. The fourth-order valence-electron chi connectivity index (χ4n) is 2.71. The highest BCUT2D eigenvalue weighted by molar-refractivity contribution is 6.04. The summed E-state index contributed by atoms with van der Waals surface area (Å²) in [5.41, 5.74) is 0.292. The van der Waals surface area contributed by atoms with Gasteiger partial charge in [-0.25, -0.2) is 4.79 Å². The van der Waals surface area contributed by atoms with E-state index in [0.717, 1.165) is 18.8 Å². The van der Waals surface area contributed by atoms with Crippen molar-refractivity contribution >= 4 is 11.9 Å². The van der Waals surface area contributed by atoms with Crippen molar-refractivity contribution in [3.05, 3.63) is 35.4 Å². The second-order valence-electron chi connectivity index (χ2n) is 5.35. The van der Waals surface area contributed by atoms with Crippen molar-refractivity contribution in [2.24, 2.45) is 11.8 Å². The maximum atomic E-state index is 12.0. The number of aromatic carboxylic acids is 1. The van der Waals surface area contributed by atoms with Crippen LogP contribution in [0.5, 0.6) is 0 Å². The summed E-state index contributed by atoms with van der Waals surface area (Å²) < 4.78 is 0. The first kappa shape index (κ1) is 13.6. The third-order valence-corrected chi connectivity index (χ3v) is 3.76. The lowest BCUT2D eigenvalue weighted by Crippen LogP contribution is -2.29. The molecule has 0 aromatic heterocycles. The van der Waals surface area contributed by atoms with Gasteiger partial charge in [-0.05, 0) is 36.8 Å². The van der Waals surface area contributed by atoms with Gasteiger partial charge in [-0.3, -0.25) is 4.79 Å². The van der Waals surface area contributed by atoms with Crippen LogP contribution in [0.2, 0.25) is 0 Å². The Labute approximate surface area is 112 Å². The van der Waals surface area contributed by atoms with Gasteiger partial charge in [0.1, 0.15) is 0 Å². The summed E-state index contributed by atoms with van der Waals surface area (Å²) in [4.78, 5) is 23.1. The average Bonchev–Trinajstić information content (AvgIpc) is 2.81. The fraction of sp³-hybridized carbons (Fsp3) is 0.467. The van der Waals surface area contributed by atoms with E-state index in [1.807, 2.05) is 0 Å². The largest absolute Gasteiger partial charge is 0.478 e. The molecular weight excluding hydrogens is 242 g/mol. The molecule has 4 heteroatoms. The van der Waals surface area contributed by atoms with Gasteiger partial charge >= 0.3 is 5.97 Å². The third-order valence-electron chi connectivity index (χ3n) is 3.76. The smallest absolute Gasteiger partial charge is 0.336 e. The molecule has 0 aliphatic heterocycles. The van der Waals surface area contributed by atoms with E-state index in [0.29, 0.717) is 12.5 Å². The normalized spacial score (nSPS) is 22.2. The maximum absolute atomic E-state index is 12.0. The van der Waals surface area contributed by atoms with E-state index < -0.39 is 5.97 Å². The second-order valence-corrected chi connectivity index (χ2v) is 5.35. The first-order valence-corrected chi connectivity index (χ1v) is 6.68. The molecule has 1 amide bonds. The van der Waals surface area contributed by atoms with Crippen LogP contribution in [-0.4, -0.2) is 23.5 Å². The lowest BCUT2D eigenvalue weighted by molar-refractivity contribution is 0.0691. The number of amides is 1. The Kier molecular flexibility index (Phi) is 4.20. The molecule has 0 saturated heterocycles. The molecule has 4 nitrogen and oxygen atoms in total. The molecule has 0 radical (unpaired) electrons. The monoisotopic (exact) mass is 261 g/mol. The molecule has 1 aliphatic rings. The molecule has 2 unspecified atom stereocenters. The molecule has 1 aromatic carbocycles. The van der Waals surface area contributed by atoms with Crippen LogP contribution in [0.4, 0.5) is 0 Å². The Morgan fingerprint density at radius 1 is 1.26 bits per heavy atom. The molecule has 1 fully saturated rings. The summed E-state index contributed by atoms with van der Waals surface area (Å²) >= 11 is 0. The van der Waals surface area contributed by atoms with Gasteiger partial charge in [-0.2, -0.15) is 0 Å². The highest BCUT2D eigenvalue weighted by atomic mass is 16.4. The van der Waals surface area contributed by atoms with Crippen molar-refractivity contribution in [3.8, 4) is 0 Å². The zero-order valence-corrected chi connectivity index (χ0v) is 11.1. The first-order chi connectivity index (χ1) is 9.08. The van der Waals surface area contributed by atoms with E-state index >= 15 is 0 Å². The topological polar surface area (TPSA) is 66.4 Å². The molecule has 0 bridgehead atoms. The lowest BCUT2D eigenvalue weighted by atomic mass is 10.0. The fourth-order valence-corrected chi connectivity index (χ4v) is 2.71.